The van der Waals surface area contributed by atoms with Crippen molar-refractivity contribution in [3.05, 3.63) is 60.4 Å². The van der Waals surface area contributed by atoms with Crippen LogP contribution in [0.3, 0.4) is 0 Å². The van der Waals surface area contributed by atoms with Crippen molar-refractivity contribution in [2.24, 2.45) is 5.92 Å². The normalized spacial score (nSPS) is 19.6. The van der Waals surface area contributed by atoms with E-state index < -0.39 is 0 Å². The Hall–Kier alpha value is -2.93. The molecule has 1 unspecified atom stereocenters. The molecule has 2 saturated heterocycles. The van der Waals surface area contributed by atoms with Crippen LogP contribution in [0.2, 0.25) is 0 Å². The van der Waals surface area contributed by atoms with Gasteiger partial charge in [0.15, 0.2) is 6.61 Å². The van der Waals surface area contributed by atoms with Crippen LogP contribution in [-0.2, 0) is 20.9 Å². The maximum atomic E-state index is 12.3. The number of likely N-dealkylation sites (tertiary alicyclic amines) is 1. The van der Waals surface area contributed by atoms with Gasteiger partial charge in [-0.05, 0) is 42.2 Å². The molecule has 1 aromatic carbocycles. The average molecular weight is 395 g/mol. The second-order valence-corrected chi connectivity index (χ2v) is 7.75. The molecule has 2 fully saturated rings. The van der Waals surface area contributed by atoms with E-state index in [2.05, 4.69) is 10.3 Å². The molecule has 2 aliphatic heterocycles. The van der Waals surface area contributed by atoms with Crippen LogP contribution in [0.4, 0.5) is 0 Å². The zero-order chi connectivity index (χ0) is 20.1. The quantitative estimate of drug-likeness (QED) is 0.773. The molecule has 2 aromatic rings. The van der Waals surface area contributed by atoms with E-state index in [9.17, 15) is 9.59 Å². The molecule has 7 heteroatoms. The summed E-state index contributed by atoms with van der Waals surface area (Å²) in [6.07, 6.45) is 4.67. The number of rotatable bonds is 7. The molecule has 7 nitrogen and oxygen atoms in total. The molecule has 0 bridgehead atoms. The van der Waals surface area contributed by atoms with Crippen LogP contribution in [0.1, 0.15) is 18.4 Å². The minimum atomic E-state index is -0.293. The van der Waals surface area contributed by atoms with Gasteiger partial charge in [0.1, 0.15) is 11.4 Å². The van der Waals surface area contributed by atoms with Gasteiger partial charge < -0.3 is 19.7 Å². The lowest BCUT2D eigenvalue weighted by Crippen LogP contribution is -2.64. The number of aromatic nitrogens is 1. The first-order valence-electron chi connectivity index (χ1n) is 9.87. The molecule has 1 atom stereocenters. The zero-order valence-electron chi connectivity index (χ0n) is 16.3. The topological polar surface area (TPSA) is 80.8 Å². The van der Waals surface area contributed by atoms with Gasteiger partial charge in [0, 0.05) is 25.4 Å². The molecule has 3 heterocycles. The van der Waals surface area contributed by atoms with Crippen molar-refractivity contribution in [2.45, 2.75) is 25.0 Å². The van der Waals surface area contributed by atoms with E-state index in [4.69, 9.17) is 9.47 Å². The number of hydrogen-bond acceptors (Lipinski definition) is 5. The lowest BCUT2D eigenvalue weighted by atomic mass is 9.86. The predicted molar refractivity (Wildman–Crippen MR) is 106 cm³/mol. The van der Waals surface area contributed by atoms with E-state index in [1.54, 1.807) is 17.3 Å². The molecular formula is C22H25N3O4. The molecule has 1 N–H and O–H groups in total. The Kier molecular flexibility index (Phi) is 5.76. The first kappa shape index (κ1) is 19.4. The van der Waals surface area contributed by atoms with Crippen LogP contribution >= 0.6 is 0 Å². The van der Waals surface area contributed by atoms with Crippen LogP contribution < -0.4 is 10.1 Å². The lowest BCUT2D eigenvalue weighted by molar-refractivity contribution is -0.159. The van der Waals surface area contributed by atoms with Crippen LogP contribution in [0.25, 0.3) is 0 Å². The Morgan fingerprint density at radius 1 is 1.17 bits per heavy atom. The first-order chi connectivity index (χ1) is 14.1. The SMILES string of the molecule is O=C(CC1COC2(C1)CN(C(=O)COc1ccccc1)C2)NCc1ccncc1. The number of carbonyl (C=O) groups excluding carboxylic acids is 2. The molecule has 0 aliphatic carbocycles. The summed E-state index contributed by atoms with van der Waals surface area (Å²) in [5, 5.41) is 2.95. The number of amides is 2. The Labute approximate surface area is 170 Å². The van der Waals surface area contributed by atoms with E-state index in [1.807, 2.05) is 42.5 Å². The summed E-state index contributed by atoms with van der Waals surface area (Å²) in [4.78, 5) is 30.2. The van der Waals surface area contributed by atoms with Crippen molar-refractivity contribution in [3.63, 3.8) is 0 Å². The molecule has 152 valence electrons. The second-order valence-electron chi connectivity index (χ2n) is 7.75. The average Bonchev–Trinajstić information content (AvgIpc) is 3.15. The Bertz CT molecular complexity index is 838. The van der Waals surface area contributed by atoms with E-state index in [1.165, 1.54) is 0 Å². The molecule has 29 heavy (non-hydrogen) atoms. The summed E-state index contributed by atoms with van der Waals surface area (Å²) >= 11 is 0. The van der Waals surface area contributed by atoms with Gasteiger partial charge in [0.2, 0.25) is 5.91 Å². The standard InChI is InChI=1S/C22H25N3O4/c26-20(24-12-17-6-8-23-9-7-17)10-18-11-22(29-13-18)15-25(16-22)21(27)14-28-19-4-2-1-3-5-19/h1-9,18H,10-16H2,(H,24,26). The summed E-state index contributed by atoms with van der Waals surface area (Å²) in [6.45, 7) is 2.23. The Balaban J connectivity index is 1.16. The molecule has 1 spiro atoms. The van der Waals surface area contributed by atoms with Gasteiger partial charge in [-0.2, -0.15) is 0 Å². The number of carbonyl (C=O) groups is 2. The highest BCUT2D eigenvalue weighted by molar-refractivity contribution is 5.79. The van der Waals surface area contributed by atoms with Crippen LogP contribution in [0.15, 0.2) is 54.9 Å². The summed E-state index contributed by atoms with van der Waals surface area (Å²) in [7, 11) is 0. The van der Waals surface area contributed by atoms with Crippen LogP contribution in [0.5, 0.6) is 5.75 Å². The van der Waals surface area contributed by atoms with E-state index in [0.29, 0.717) is 38.4 Å². The third-order valence-corrected chi connectivity index (χ3v) is 5.42. The number of pyridine rings is 1. The second kappa shape index (κ2) is 8.61. The van der Waals surface area contributed by atoms with Gasteiger partial charge in [-0.3, -0.25) is 14.6 Å². The molecule has 2 amide bonds. The van der Waals surface area contributed by atoms with Crippen molar-refractivity contribution in [1.29, 1.82) is 0 Å². The van der Waals surface area contributed by atoms with E-state index in [0.717, 1.165) is 12.0 Å². The number of nitrogens with one attached hydrogen (secondary N) is 1. The predicted octanol–water partition coefficient (Wildman–Crippen LogP) is 1.78. The largest absolute Gasteiger partial charge is 0.484 e. The minimum absolute atomic E-state index is 0.0241. The van der Waals surface area contributed by atoms with Crippen molar-refractivity contribution in [2.75, 3.05) is 26.3 Å². The third kappa shape index (κ3) is 4.92. The lowest BCUT2D eigenvalue weighted by Gasteiger charge is -2.47. The van der Waals surface area contributed by atoms with Crippen molar-refractivity contribution >= 4 is 11.8 Å². The van der Waals surface area contributed by atoms with Crippen LogP contribution in [-0.4, -0.2) is 53.6 Å². The number of benzene rings is 1. The molecular weight excluding hydrogens is 370 g/mol. The maximum Gasteiger partial charge on any atom is 0.260 e. The first-order valence-corrected chi connectivity index (χ1v) is 9.87. The smallest absolute Gasteiger partial charge is 0.260 e. The highest BCUT2D eigenvalue weighted by Crippen LogP contribution is 2.39. The Morgan fingerprint density at radius 2 is 1.93 bits per heavy atom. The van der Waals surface area contributed by atoms with Gasteiger partial charge in [-0.25, -0.2) is 0 Å². The number of hydrogen-bond donors (Lipinski definition) is 1. The number of nitrogens with zero attached hydrogens (tertiary/aromatic N) is 2. The zero-order valence-corrected chi connectivity index (χ0v) is 16.3. The summed E-state index contributed by atoms with van der Waals surface area (Å²) in [5.41, 5.74) is 0.733. The Morgan fingerprint density at radius 3 is 2.69 bits per heavy atom. The number of para-hydroxylation sites is 1. The molecule has 0 radical (unpaired) electrons. The van der Waals surface area contributed by atoms with Crippen LogP contribution in [0, 0.1) is 5.92 Å². The fraction of sp³-hybridized carbons (Fsp3) is 0.409. The molecule has 1 aromatic heterocycles. The van der Waals surface area contributed by atoms with Crippen molar-refractivity contribution < 1.29 is 19.1 Å². The highest BCUT2D eigenvalue weighted by atomic mass is 16.5. The fourth-order valence-corrected chi connectivity index (χ4v) is 3.90. The van der Waals surface area contributed by atoms with Gasteiger partial charge in [-0.15, -0.1) is 0 Å². The highest BCUT2D eigenvalue weighted by Gasteiger charge is 2.51. The summed E-state index contributed by atoms with van der Waals surface area (Å²) < 4.78 is 11.5. The van der Waals surface area contributed by atoms with Gasteiger partial charge >= 0.3 is 0 Å². The minimum Gasteiger partial charge on any atom is -0.484 e. The fourth-order valence-electron chi connectivity index (χ4n) is 3.90. The van der Waals surface area contributed by atoms with Crippen molar-refractivity contribution in [1.82, 2.24) is 15.2 Å². The van der Waals surface area contributed by atoms with Gasteiger partial charge in [0.25, 0.3) is 5.91 Å². The molecule has 0 saturated carbocycles. The monoisotopic (exact) mass is 395 g/mol. The summed E-state index contributed by atoms with van der Waals surface area (Å²) in [5.74, 6) is 0.855. The number of ether oxygens (including phenoxy) is 2. The molecule has 2 aliphatic rings. The maximum absolute atomic E-state index is 12.3. The van der Waals surface area contributed by atoms with Gasteiger partial charge in [-0.1, -0.05) is 18.2 Å². The third-order valence-electron chi connectivity index (χ3n) is 5.42. The van der Waals surface area contributed by atoms with E-state index in [-0.39, 0.29) is 29.9 Å². The van der Waals surface area contributed by atoms with E-state index >= 15 is 0 Å². The van der Waals surface area contributed by atoms with Crippen molar-refractivity contribution in [3.8, 4) is 5.75 Å². The molecule has 4 rings (SSSR count). The summed E-state index contributed by atoms with van der Waals surface area (Å²) in [6, 6.07) is 13.1. The van der Waals surface area contributed by atoms with Gasteiger partial charge in [0.05, 0.1) is 19.7 Å².